The summed E-state index contributed by atoms with van der Waals surface area (Å²) < 4.78 is 0. The molecule has 0 aromatic carbocycles. The minimum atomic E-state index is -1.99. The molecule has 1 unspecified atom stereocenters. The number of hydrogen-bond donors (Lipinski definition) is 2. The number of rotatable bonds is 2. The van der Waals surface area contributed by atoms with Crippen LogP contribution in [0.4, 0.5) is 0 Å². The molecule has 0 aliphatic carbocycles. The number of hydrogen-bond acceptors (Lipinski definition) is 4. The first-order valence-electron chi connectivity index (χ1n) is 2.98. The Morgan fingerprint density at radius 2 is 2.55 bits per heavy atom. The summed E-state index contributed by atoms with van der Waals surface area (Å²) in [5, 5.41) is 19.5. The highest BCUT2D eigenvalue weighted by Crippen LogP contribution is 2.15. The number of aromatic amines is 1. The van der Waals surface area contributed by atoms with E-state index in [-0.39, 0.29) is 5.69 Å². The highest BCUT2D eigenvalue weighted by molar-refractivity contribution is 5.75. The van der Waals surface area contributed by atoms with Crippen LogP contribution in [-0.2, 0) is 10.4 Å². The highest BCUT2D eigenvalue weighted by Gasteiger charge is 2.25. The summed E-state index contributed by atoms with van der Waals surface area (Å²) in [4.78, 5) is 16.4. The second-order valence-corrected chi connectivity index (χ2v) is 2.32. The molecule has 1 atom stereocenters. The largest absolute Gasteiger partial charge is 0.547 e. The Bertz CT molecular complexity index is 253. The minimum absolute atomic E-state index is 0.109. The van der Waals surface area contributed by atoms with Gasteiger partial charge in [-0.15, -0.1) is 0 Å². The molecule has 11 heavy (non-hydrogen) atoms. The van der Waals surface area contributed by atoms with Crippen molar-refractivity contribution in [3.8, 4) is 0 Å². The predicted molar refractivity (Wildman–Crippen MR) is 33.2 cm³/mol. The lowest BCUT2D eigenvalue weighted by Gasteiger charge is -2.21. The smallest absolute Gasteiger partial charge is 0.142 e. The fraction of sp³-hybridized carbons (Fsp3) is 0.333. The number of aliphatic carboxylic acids is 1. The van der Waals surface area contributed by atoms with Gasteiger partial charge in [-0.1, -0.05) is 0 Å². The van der Waals surface area contributed by atoms with Crippen LogP contribution in [0, 0.1) is 0 Å². The molecular weight excluding hydrogens is 148 g/mol. The third-order valence-electron chi connectivity index (χ3n) is 1.42. The average molecular weight is 155 g/mol. The summed E-state index contributed by atoms with van der Waals surface area (Å²) in [6.07, 6.45) is 2.52. The van der Waals surface area contributed by atoms with E-state index in [9.17, 15) is 15.0 Å². The number of carboxylic acids is 1. The van der Waals surface area contributed by atoms with Crippen molar-refractivity contribution in [3.05, 3.63) is 18.2 Å². The molecule has 1 aromatic rings. The summed E-state index contributed by atoms with van der Waals surface area (Å²) in [7, 11) is 0. The standard InChI is InChI=1S/C6H8N2O3/c1-6(11,5(9)10)4-2-7-3-8-4/h2-3,11H,1H3,(H,7,8)(H,9,10)/p-1. The maximum Gasteiger partial charge on any atom is 0.142 e. The van der Waals surface area contributed by atoms with Crippen molar-refractivity contribution in [1.29, 1.82) is 0 Å². The average Bonchev–Trinajstić information content (AvgIpc) is 2.37. The second-order valence-electron chi connectivity index (χ2n) is 2.32. The van der Waals surface area contributed by atoms with Crippen molar-refractivity contribution in [1.82, 2.24) is 9.97 Å². The number of nitrogens with zero attached hydrogens (tertiary/aromatic N) is 1. The molecule has 1 rings (SSSR count). The Balaban J connectivity index is 3.00. The molecule has 0 radical (unpaired) electrons. The Labute approximate surface area is 62.7 Å². The zero-order valence-corrected chi connectivity index (χ0v) is 5.87. The molecule has 0 aliphatic heterocycles. The quantitative estimate of drug-likeness (QED) is 0.536. The number of aliphatic hydroxyl groups is 1. The van der Waals surface area contributed by atoms with Crippen molar-refractivity contribution in [3.63, 3.8) is 0 Å². The van der Waals surface area contributed by atoms with Crippen molar-refractivity contribution in [2.45, 2.75) is 12.5 Å². The van der Waals surface area contributed by atoms with Crippen LogP contribution in [0.25, 0.3) is 0 Å². The maximum absolute atomic E-state index is 10.3. The van der Waals surface area contributed by atoms with Gasteiger partial charge in [-0.3, -0.25) is 0 Å². The Morgan fingerprint density at radius 1 is 1.91 bits per heavy atom. The number of carbonyl (C=O) groups is 1. The van der Waals surface area contributed by atoms with Crippen molar-refractivity contribution in [2.75, 3.05) is 0 Å². The maximum atomic E-state index is 10.3. The molecule has 2 N–H and O–H groups in total. The molecule has 5 heteroatoms. The molecule has 0 fully saturated rings. The number of aromatic nitrogens is 2. The predicted octanol–water partition coefficient (Wildman–Crippen LogP) is -1.63. The third-order valence-corrected chi connectivity index (χ3v) is 1.42. The van der Waals surface area contributed by atoms with Gasteiger partial charge in [0.1, 0.15) is 5.60 Å². The molecule has 1 aromatic heterocycles. The normalized spacial score (nSPS) is 15.8. The second kappa shape index (κ2) is 2.35. The first-order chi connectivity index (χ1) is 5.05. The van der Waals surface area contributed by atoms with Crippen LogP contribution in [0.3, 0.4) is 0 Å². The summed E-state index contributed by atoms with van der Waals surface area (Å²) in [6.45, 7) is 1.12. The zero-order chi connectivity index (χ0) is 8.48. The lowest BCUT2D eigenvalue weighted by molar-refractivity contribution is -0.325. The molecule has 5 nitrogen and oxygen atoms in total. The van der Waals surface area contributed by atoms with E-state index < -0.39 is 11.6 Å². The number of carboxylic acid groups (broad SMARTS) is 1. The van der Waals surface area contributed by atoms with E-state index in [4.69, 9.17) is 0 Å². The van der Waals surface area contributed by atoms with Crippen LogP contribution in [0.1, 0.15) is 12.6 Å². The lowest BCUT2D eigenvalue weighted by atomic mass is 10.0. The van der Waals surface area contributed by atoms with Gasteiger partial charge in [0.25, 0.3) is 0 Å². The summed E-state index contributed by atoms with van der Waals surface area (Å²) >= 11 is 0. The van der Waals surface area contributed by atoms with E-state index in [1.807, 2.05) is 0 Å². The van der Waals surface area contributed by atoms with Crippen molar-refractivity contribution < 1.29 is 15.0 Å². The van der Waals surface area contributed by atoms with Crippen molar-refractivity contribution in [2.24, 2.45) is 0 Å². The van der Waals surface area contributed by atoms with E-state index in [0.29, 0.717) is 0 Å². The Kier molecular flexibility index (Phi) is 1.66. The van der Waals surface area contributed by atoms with Gasteiger partial charge in [-0.2, -0.15) is 0 Å². The number of nitrogens with one attached hydrogen (secondary N) is 1. The van der Waals surface area contributed by atoms with Crippen LogP contribution in [-0.4, -0.2) is 21.0 Å². The fourth-order valence-corrected chi connectivity index (χ4v) is 0.632. The van der Waals surface area contributed by atoms with Crippen LogP contribution in [0.2, 0.25) is 0 Å². The monoisotopic (exact) mass is 155 g/mol. The van der Waals surface area contributed by atoms with Gasteiger partial charge in [0.05, 0.1) is 24.2 Å². The summed E-state index contributed by atoms with van der Waals surface area (Å²) in [5.74, 6) is -1.55. The Hall–Kier alpha value is -1.36. The molecule has 0 amide bonds. The van der Waals surface area contributed by atoms with Crippen LogP contribution in [0.15, 0.2) is 12.5 Å². The van der Waals surface area contributed by atoms with Crippen LogP contribution in [0.5, 0.6) is 0 Å². The summed E-state index contributed by atoms with van der Waals surface area (Å²) in [5.41, 5.74) is -1.88. The topological polar surface area (TPSA) is 89.0 Å². The first kappa shape index (κ1) is 7.74. The van der Waals surface area contributed by atoms with Crippen LogP contribution >= 0.6 is 0 Å². The highest BCUT2D eigenvalue weighted by atomic mass is 16.4. The van der Waals surface area contributed by atoms with E-state index in [2.05, 4.69) is 9.97 Å². The van der Waals surface area contributed by atoms with E-state index >= 15 is 0 Å². The SMILES string of the molecule is CC(O)(C(=O)[O-])c1cnc[nH]1. The lowest BCUT2D eigenvalue weighted by Crippen LogP contribution is -2.43. The molecule has 0 aliphatic rings. The van der Waals surface area contributed by atoms with Gasteiger partial charge >= 0.3 is 0 Å². The van der Waals surface area contributed by atoms with E-state index in [1.165, 1.54) is 12.5 Å². The molecule has 60 valence electrons. The van der Waals surface area contributed by atoms with Crippen LogP contribution < -0.4 is 5.11 Å². The first-order valence-corrected chi connectivity index (χ1v) is 2.98. The number of imidazole rings is 1. The zero-order valence-electron chi connectivity index (χ0n) is 5.87. The van der Waals surface area contributed by atoms with Gasteiger partial charge in [0.15, 0.2) is 0 Å². The van der Waals surface area contributed by atoms with E-state index in [1.54, 1.807) is 0 Å². The molecule has 0 saturated carbocycles. The molecule has 1 heterocycles. The van der Waals surface area contributed by atoms with Gasteiger partial charge < -0.3 is 20.0 Å². The van der Waals surface area contributed by atoms with E-state index in [0.717, 1.165) is 6.92 Å². The fourth-order valence-electron chi connectivity index (χ4n) is 0.632. The van der Waals surface area contributed by atoms with Gasteiger partial charge in [0.2, 0.25) is 0 Å². The molecule has 0 saturated heterocycles. The minimum Gasteiger partial charge on any atom is -0.547 e. The van der Waals surface area contributed by atoms with Crippen molar-refractivity contribution >= 4 is 5.97 Å². The third kappa shape index (κ3) is 1.22. The van der Waals surface area contributed by atoms with Gasteiger partial charge in [0, 0.05) is 0 Å². The van der Waals surface area contributed by atoms with Gasteiger partial charge in [-0.25, -0.2) is 4.98 Å². The molecule has 0 spiro atoms. The number of carbonyl (C=O) groups excluding carboxylic acids is 1. The Morgan fingerprint density at radius 3 is 2.91 bits per heavy atom. The van der Waals surface area contributed by atoms with Gasteiger partial charge in [-0.05, 0) is 6.92 Å². The number of H-pyrrole nitrogens is 1. The molecule has 0 bridgehead atoms. The summed E-state index contributed by atoms with van der Waals surface area (Å²) in [6, 6.07) is 0. The molecular formula is C6H7N2O3-.